The van der Waals surface area contributed by atoms with Crippen LogP contribution in [-0.2, 0) is 0 Å². The predicted molar refractivity (Wildman–Crippen MR) is 112 cm³/mol. The van der Waals surface area contributed by atoms with Crippen molar-refractivity contribution in [3.05, 3.63) is 70.0 Å². The van der Waals surface area contributed by atoms with Gasteiger partial charge in [-0.2, -0.15) is 0 Å². The van der Waals surface area contributed by atoms with E-state index in [1.54, 1.807) is 31.4 Å². The zero-order valence-electron chi connectivity index (χ0n) is 15.1. The first-order valence-electron chi connectivity index (χ1n) is 8.29. The molecule has 0 unspecified atom stereocenters. The van der Waals surface area contributed by atoms with Crippen LogP contribution in [0.3, 0.4) is 0 Å². The van der Waals surface area contributed by atoms with Gasteiger partial charge in [0.15, 0.2) is 12.6 Å². The Labute approximate surface area is 175 Å². The van der Waals surface area contributed by atoms with Gasteiger partial charge in [0.1, 0.15) is 21.8 Å². The average molecular weight is 429 g/mol. The zero-order valence-corrected chi connectivity index (χ0v) is 16.6. The molecule has 0 bridgehead atoms. The molecule has 0 aliphatic heterocycles. The fraction of sp³-hybridized carbons (Fsp3) is 0.0476. The van der Waals surface area contributed by atoms with Crippen LogP contribution in [0.15, 0.2) is 48.5 Å². The lowest BCUT2D eigenvalue weighted by Gasteiger charge is -2.03. The van der Waals surface area contributed by atoms with E-state index < -0.39 is 0 Å². The Morgan fingerprint density at radius 1 is 0.828 bits per heavy atom. The van der Waals surface area contributed by atoms with Gasteiger partial charge in [-0.1, -0.05) is 23.2 Å². The largest absolute Gasteiger partial charge is 0.508 e. The van der Waals surface area contributed by atoms with Gasteiger partial charge in [-0.3, -0.25) is 9.59 Å². The summed E-state index contributed by atoms with van der Waals surface area (Å²) in [5.41, 5.74) is 2.03. The minimum absolute atomic E-state index is 0.125. The molecule has 0 radical (unpaired) electrons. The number of carbonyl (C=O) groups excluding carboxylic acids is 2. The topological polar surface area (TPSA) is 89.4 Å². The normalized spacial score (nSPS) is 10.3. The fourth-order valence-electron chi connectivity index (χ4n) is 2.58. The number of aromatic nitrogens is 2. The van der Waals surface area contributed by atoms with E-state index in [-0.39, 0.29) is 16.1 Å². The minimum Gasteiger partial charge on any atom is -0.508 e. The van der Waals surface area contributed by atoms with E-state index in [2.05, 4.69) is 9.97 Å². The molecule has 0 aliphatic rings. The second-order valence-electron chi connectivity index (χ2n) is 5.91. The molecular formula is C21H14Cl2N2O4. The predicted octanol–water partition coefficient (Wildman–Crippen LogP) is 5.12. The smallest absolute Gasteiger partial charge is 0.153 e. The molecule has 6 nitrogen and oxygen atoms in total. The van der Waals surface area contributed by atoms with Crippen LogP contribution in [-0.4, -0.2) is 34.8 Å². The molecule has 4 aromatic rings. The lowest BCUT2D eigenvalue weighted by molar-refractivity contribution is 0.111. The van der Waals surface area contributed by atoms with Crippen molar-refractivity contribution >= 4 is 57.6 Å². The van der Waals surface area contributed by atoms with Crippen molar-refractivity contribution in [1.82, 2.24) is 9.97 Å². The quantitative estimate of drug-likeness (QED) is 0.359. The third-order valence-corrected chi connectivity index (χ3v) is 4.65. The van der Waals surface area contributed by atoms with Crippen LogP contribution in [0, 0.1) is 0 Å². The number of aldehydes is 2. The molecule has 8 heteroatoms. The van der Waals surface area contributed by atoms with Crippen molar-refractivity contribution in [3.8, 4) is 11.5 Å². The van der Waals surface area contributed by atoms with Gasteiger partial charge in [0, 0.05) is 22.9 Å². The number of pyridine rings is 2. The number of halogens is 2. The molecule has 0 saturated heterocycles. The Kier molecular flexibility index (Phi) is 6.26. The molecular weight excluding hydrogens is 415 g/mol. The number of hydrogen-bond donors (Lipinski definition) is 1. The molecule has 0 fully saturated rings. The van der Waals surface area contributed by atoms with E-state index in [0.29, 0.717) is 40.5 Å². The van der Waals surface area contributed by atoms with Crippen LogP contribution in [0.1, 0.15) is 20.7 Å². The summed E-state index contributed by atoms with van der Waals surface area (Å²) in [4.78, 5) is 29.3. The molecule has 29 heavy (non-hydrogen) atoms. The number of methoxy groups -OCH3 is 1. The molecule has 1 N–H and O–H groups in total. The second kappa shape index (κ2) is 8.86. The molecule has 0 atom stereocenters. The number of phenols is 1. The minimum atomic E-state index is 0.125. The standard InChI is InChI=1S/C11H8ClNO2.C10H6ClNO2/c1-15-9-3-2-7-4-8(6-14)11(12)13-10(7)5-9;11-10-7(5-13)3-6-1-2-8(14)4-9(6)12-10/h2-6H,1H3;1-5,14H. The van der Waals surface area contributed by atoms with Crippen LogP contribution < -0.4 is 4.74 Å². The molecule has 0 amide bonds. The number of phenolic OH excluding ortho intramolecular Hbond substituents is 1. The average Bonchev–Trinajstić information content (AvgIpc) is 2.72. The molecule has 2 aromatic heterocycles. The fourth-order valence-corrected chi connectivity index (χ4v) is 2.96. The van der Waals surface area contributed by atoms with Gasteiger partial charge in [-0.25, -0.2) is 9.97 Å². The van der Waals surface area contributed by atoms with Gasteiger partial charge in [-0.15, -0.1) is 0 Å². The number of hydrogen-bond acceptors (Lipinski definition) is 6. The Balaban J connectivity index is 0.000000166. The van der Waals surface area contributed by atoms with Crippen LogP contribution in [0.25, 0.3) is 21.8 Å². The maximum atomic E-state index is 10.6. The van der Waals surface area contributed by atoms with Crippen LogP contribution in [0.4, 0.5) is 0 Å². The first-order valence-corrected chi connectivity index (χ1v) is 9.04. The molecule has 0 aliphatic carbocycles. The monoisotopic (exact) mass is 428 g/mol. The van der Waals surface area contributed by atoms with Crippen LogP contribution in [0.2, 0.25) is 10.3 Å². The summed E-state index contributed by atoms with van der Waals surface area (Å²) >= 11 is 11.5. The van der Waals surface area contributed by atoms with Gasteiger partial charge in [-0.05, 0) is 36.4 Å². The highest BCUT2D eigenvalue weighted by Gasteiger charge is 2.05. The Hall–Kier alpha value is -3.22. The Morgan fingerprint density at radius 2 is 1.34 bits per heavy atom. The summed E-state index contributed by atoms with van der Waals surface area (Å²) in [6.45, 7) is 0. The third-order valence-electron chi connectivity index (χ3n) is 4.04. The summed E-state index contributed by atoms with van der Waals surface area (Å²) in [5, 5.41) is 11.2. The summed E-state index contributed by atoms with van der Waals surface area (Å²) in [5.74, 6) is 0.838. The van der Waals surface area contributed by atoms with E-state index in [1.165, 1.54) is 12.1 Å². The van der Waals surface area contributed by atoms with Crippen molar-refractivity contribution < 1.29 is 19.4 Å². The molecule has 2 heterocycles. The van der Waals surface area contributed by atoms with E-state index in [1.807, 2.05) is 12.1 Å². The van der Waals surface area contributed by atoms with E-state index in [0.717, 1.165) is 10.8 Å². The van der Waals surface area contributed by atoms with Crippen LogP contribution >= 0.6 is 23.2 Å². The summed E-state index contributed by atoms with van der Waals surface area (Å²) in [7, 11) is 1.59. The first-order chi connectivity index (χ1) is 13.9. The molecule has 0 saturated carbocycles. The summed E-state index contributed by atoms with van der Waals surface area (Å²) in [6, 6.07) is 13.5. The molecule has 2 aromatic carbocycles. The van der Waals surface area contributed by atoms with Gasteiger partial charge in [0.05, 0.1) is 29.3 Å². The second-order valence-corrected chi connectivity index (χ2v) is 6.62. The zero-order chi connectivity index (χ0) is 21.0. The highest BCUT2D eigenvalue weighted by molar-refractivity contribution is 6.32. The maximum Gasteiger partial charge on any atom is 0.153 e. The van der Waals surface area contributed by atoms with Gasteiger partial charge >= 0.3 is 0 Å². The SMILES string of the molecule is COc1ccc2cc(C=O)c(Cl)nc2c1.O=Cc1cc2ccc(O)cc2nc1Cl. The Bertz CT molecular complexity index is 1230. The molecule has 4 rings (SSSR count). The Morgan fingerprint density at radius 3 is 1.86 bits per heavy atom. The third kappa shape index (κ3) is 4.62. The number of aromatic hydroxyl groups is 1. The molecule has 146 valence electrons. The summed E-state index contributed by atoms with van der Waals surface area (Å²) in [6.07, 6.45) is 1.35. The number of carbonyl (C=O) groups is 2. The molecule has 0 spiro atoms. The number of fused-ring (bicyclic) bond motifs is 2. The maximum absolute atomic E-state index is 10.6. The lowest BCUT2D eigenvalue weighted by atomic mass is 10.1. The van der Waals surface area contributed by atoms with Gasteiger partial charge < -0.3 is 9.84 Å². The van der Waals surface area contributed by atoms with Gasteiger partial charge in [0.2, 0.25) is 0 Å². The summed E-state index contributed by atoms with van der Waals surface area (Å²) < 4.78 is 5.07. The number of nitrogens with zero attached hydrogens (tertiary/aromatic N) is 2. The highest BCUT2D eigenvalue weighted by atomic mass is 35.5. The lowest BCUT2D eigenvalue weighted by Crippen LogP contribution is -1.89. The highest BCUT2D eigenvalue weighted by Crippen LogP contribution is 2.24. The van der Waals surface area contributed by atoms with Crippen molar-refractivity contribution in [2.24, 2.45) is 0 Å². The van der Waals surface area contributed by atoms with Crippen molar-refractivity contribution in [2.75, 3.05) is 7.11 Å². The van der Waals surface area contributed by atoms with E-state index >= 15 is 0 Å². The first kappa shape index (κ1) is 20.5. The number of rotatable bonds is 3. The van der Waals surface area contributed by atoms with Crippen LogP contribution in [0.5, 0.6) is 11.5 Å². The van der Waals surface area contributed by atoms with E-state index in [9.17, 15) is 14.7 Å². The van der Waals surface area contributed by atoms with Crippen molar-refractivity contribution in [3.63, 3.8) is 0 Å². The van der Waals surface area contributed by atoms with Gasteiger partial charge in [0.25, 0.3) is 0 Å². The number of ether oxygens (including phenoxy) is 1. The van der Waals surface area contributed by atoms with Crippen molar-refractivity contribution in [1.29, 1.82) is 0 Å². The number of benzene rings is 2. The van der Waals surface area contributed by atoms with E-state index in [4.69, 9.17) is 27.9 Å². The van der Waals surface area contributed by atoms with Crippen molar-refractivity contribution in [2.45, 2.75) is 0 Å².